The van der Waals surface area contributed by atoms with Gasteiger partial charge in [-0.1, -0.05) is 11.6 Å². The molecule has 0 radical (unpaired) electrons. The molecule has 0 bridgehead atoms. The fourth-order valence-corrected chi connectivity index (χ4v) is 0.756. The van der Waals surface area contributed by atoms with E-state index < -0.39 is 5.95 Å². The maximum absolute atomic E-state index is 12.5. The van der Waals surface area contributed by atoms with Gasteiger partial charge in [-0.05, 0) is 6.07 Å². The van der Waals surface area contributed by atoms with Crippen molar-refractivity contribution in [3.8, 4) is 0 Å². The lowest BCUT2D eigenvalue weighted by molar-refractivity contribution is 0.588. The molecule has 0 aliphatic carbocycles. The van der Waals surface area contributed by atoms with Gasteiger partial charge in [0.15, 0.2) is 0 Å². The third-order valence-corrected chi connectivity index (χ3v) is 1.28. The van der Waals surface area contributed by atoms with E-state index in [9.17, 15) is 4.39 Å². The number of hydrogen-bond acceptors (Lipinski definition) is 2. The van der Waals surface area contributed by atoms with Gasteiger partial charge in [0.05, 0.1) is 10.7 Å². The predicted octanol–water partition coefficient (Wildman–Crippen LogP) is 1.92. The van der Waals surface area contributed by atoms with Gasteiger partial charge in [-0.25, -0.2) is 4.98 Å². The zero-order valence-corrected chi connectivity index (χ0v) is 6.11. The van der Waals surface area contributed by atoms with Crippen LogP contribution in [0.4, 0.5) is 10.1 Å². The minimum absolute atomic E-state index is 0.313. The van der Waals surface area contributed by atoms with Gasteiger partial charge in [-0.15, -0.1) is 0 Å². The molecule has 1 aromatic heterocycles. The molecule has 1 N–H and O–H groups in total. The van der Waals surface area contributed by atoms with Gasteiger partial charge in [0.1, 0.15) is 0 Å². The second-order valence-corrected chi connectivity index (χ2v) is 2.18. The number of nitrogens with zero attached hydrogens (tertiary/aromatic N) is 1. The lowest BCUT2D eigenvalue weighted by Crippen LogP contribution is -1.94. The number of hydrogen-bond donors (Lipinski definition) is 1. The van der Waals surface area contributed by atoms with E-state index >= 15 is 0 Å². The summed E-state index contributed by atoms with van der Waals surface area (Å²) in [6, 6.07) is 1.48. The first kappa shape index (κ1) is 7.28. The Kier molecular flexibility index (Phi) is 2.06. The molecule has 0 atom stereocenters. The molecule has 1 rings (SSSR count). The van der Waals surface area contributed by atoms with Crippen LogP contribution in [0.2, 0.25) is 5.02 Å². The van der Waals surface area contributed by atoms with Gasteiger partial charge in [0, 0.05) is 13.2 Å². The summed E-state index contributed by atoms with van der Waals surface area (Å²) in [7, 11) is 1.61. The van der Waals surface area contributed by atoms with Gasteiger partial charge in [-0.3, -0.25) is 0 Å². The Hall–Kier alpha value is -0.830. The first-order valence-corrected chi connectivity index (χ1v) is 3.10. The van der Waals surface area contributed by atoms with Crippen LogP contribution in [0.3, 0.4) is 0 Å². The highest BCUT2D eigenvalue weighted by Crippen LogP contribution is 2.15. The predicted molar refractivity (Wildman–Crippen MR) is 38.8 cm³/mol. The second kappa shape index (κ2) is 2.84. The minimum Gasteiger partial charge on any atom is -0.384 e. The summed E-state index contributed by atoms with van der Waals surface area (Å²) < 4.78 is 12.5. The molecular formula is C6H6ClFN2. The number of anilines is 1. The zero-order valence-electron chi connectivity index (χ0n) is 5.36. The molecule has 2 nitrogen and oxygen atoms in total. The van der Waals surface area contributed by atoms with Crippen molar-refractivity contribution in [2.75, 3.05) is 12.4 Å². The van der Waals surface area contributed by atoms with E-state index in [0.717, 1.165) is 0 Å². The quantitative estimate of drug-likeness (QED) is 0.635. The van der Waals surface area contributed by atoms with Crippen molar-refractivity contribution in [3.05, 3.63) is 23.2 Å². The molecule has 0 unspecified atom stereocenters. The largest absolute Gasteiger partial charge is 0.384 e. The van der Waals surface area contributed by atoms with Crippen LogP contribution in [-0.4, -0.2) is 12.0 Å². The van der Waals surface area contributed by atoms with Crippen molar-refractivity contribution < 1.29 is 4.39 Å². The number of aromatic nitrogens is 1. The molecule has 4 heteroatoms. The molecule has 0 aliphatic heterocycles. The van der Waals surface area contributed by atoms with E-state index in [2.05, 4.69) is 10.3 Å². The molecule has 0 spiro atoms. The van der Waals surface area contributed by atoms with Crippen molar-refractivity contribution in [2.45, 2.75) is 0 Å². The maximum Gasteiger partial charge on any atom is 0.236 e. The average molecular weight is 161 g/mol. The summed E-state index contributed by atoms with van der Waals surface area (Å²) in [5, 5.41) is 3.04. The third kappa shape index (κ3) is 1.36. The van der Waals surface area contributed by atoms with Crippen molar-refractivity contribution in [3.63, 3.8) is 0 Å². The number of pyridine rings is 1. The topological polar surface area (TPSA) is 24.9 Å². The van der Waals surface area contributed by atoms with E-state index in [4.69, 9.17) is 11.6 Å². The van der Waals surface area contributed by atoms with Crippen molar-refractivity contribution >= 4 is 17.3 Å². The van der Waals surface area contributed by atoms with Crippen LogP contribution in [0.25, 0.3) is 0 Å². The van der Waals surface area contributed by atoms with Crippen molar-refractivity contribution in [1.29, 1.82) is 0 Å². The Labute approximate surface area is 63.0 Å². The minimum atomic E-state index is -0.535. The van der Waals surface area contributed by atoms with Gasteiger partial charge < -0.3 is 5.32 Å². The molecule has 0 amide bonds. The van der Waals surface area contributed by atoms with E-state index in [-0.39, 0.29) is 0 Å². The first-order valence-electron chi connectivity index (χ1n) is 2.73. The summed E-state index contributed by atoms with van der Waals surface area (Å²) in [6.07, 6.45) is 1.26. The van der Waals surface area contributed by atoms with Gasteiger partial charge in [-0.2, -0.15) is 4.39 Å². The summed E-state index contributed by atoms with van der Waals surface area (Å²) in [5.41, 5.74) is 0.313. The second-order valence-electron chi connectivity index (χ2n) is 1.74. The molecule has 0 saturated carbocycles. The molecule has 0 aromatic carbocycles. The Bertz CT molecular complexity index is 239. The van der Waals surface area contributed by atoms with Crippen LogP contribution in [0.1, 0.15) is 0 Å². The van der Waals surface area contributed by atoms with Crippen LogP contribution < -0.4 is 5.32 Å². The Balaban J connectivity index is 3.09. The van der Waals surface area contributed by atoms with Crippen LogP contribution in [0, 0.1) is 5.95 Å². The fourth-order valence-electron chi connectivity index (χ4n) is 0.598. The first-order chi connectivity index (χ1) is 4.74. The molecule has 10 heavy (non-hydrogen) atoms. The molecule has 0 saturated heterocycles. The van der Waals surface area contributed by atoms with E-state index in [1.54, 1.807) is 7.05 Å². The number of halogens is 2. The molecule has 54 valence electrons. The number of nitrogens with one attached hydrogen (secondary N) is 1. The Morgan fingerprint density at radius 1 is 1.70 bits per heavy atom. The molecule has 0 aliphatic rings. The van der Waals surface area contributed by atoms with Gasteiger partial charge >= 0.3 is 0 Å². The fraction of sp³-hybridized carbons (Fsp3) is 0.167. The Morgan fingerprint density at radius 3 is 2.90 bits per heavy atom. The monoisotopic (exact) mass is 160 g/mol. The van der Waals surface area contributed by atoms with Crippen molar-refractivity contribution in [1.82, 2.24) is 4.98 Å². The average Bonchev–Trinajstić information content (AvgIpc) is 1.94. The van der Waals surface area contributed by atoms with Gasteiger partial charge in [0.2, 0.25) is 5.95 Å². The number of rotatable bonds is 1. The van der Waals surface area contributed by atoms with E-state index in [1.165, 1.54) is 12.3 Å². The van der Waals surface area contributed by atoms with Crippen LogP contribution >= 0.6 is 11.6 Å². The molecule has 1 heterocycles. The third-order valence-electron chi connectivity index (χ3n) is 1.08. The summed E-state index contributed by atoms with van der Waals surface area (Å²) in [4.78, 5) is 3.39. The van der Waals surface area contributed by atoms with Crippen LogP contribution in [0.15, 0.2) is 12.3 Å². The summed E-state index contributed by atoms with van der Waals surface area (Å²) in [5.74, 6) is -0.535. The lowest BCUT2D eigenvalue weighted by Gasteiger charge is -1.99. The Morgan fingerprint density at radius 2 is 2.40 bits per heavy atom. The highest BCUT2D eigenvalue weighted by atomic mass is 35.5. The normalized spacial score (nSPS) is 9.50. The molecular weight excluding hydrogens is 155 g/mol. The lowest BCUT2D eigenvalue weighted by atomic mass is 10.4. The summed E-state index contributed by atoms with van der Waals surface area (Å²) >= 11 is 5.53. The van der Waals surface area contributed by atoms with Crippen molar-refractivity contribution in [2.24, 2.45) is 0 Å². The zero-order chi connectivity index (χ0) is 7.56. The van der Waals surface area contributed by atoms with E-state index in [1.807, 2.05) is 0 Å². The highest BCUT2D eigenvalue weighted by molar-refractivity contribution is 6.30. The van der Waals surface area contributed by atoms with Crippen LogP contribution in [0.5, 0.6) is 0 Å². The SMILES string of the molecule is CNc1cc(Cl)cnc1F. The van der Waals surface area contributed by atoms with E-state index in [0.29, 0.717) is 10.7 Å². The van der Waals surface area contributed by atoms with Gasteiger partial charge in [0.25, 0.3) is 0 Å². The highest BCUT2D eigenvalue weighted by Gasteiger charge is 1.99. The molecule has 1 aromatic rings. The molecule has 0 fully saturated rings. The van der Waals surface area contributed by atoms with Crippen LogP contribution in [-0.2, 0) is 0 Å². The standard InChI is InChI=1S/C6H6ClFN2/c1-9-5-2-4(7)3-10-6(5)8/h2-3,9H,1H3. The smallest absolute Gasteiger partial charge is 0.236 e. The maximum atomic E-state index is 12.5. The summed E-state index contributed by atoms with van der Waals surface area (Å²) in [6.45, 7) is 0.